The number of hydrogen-bond donors (Lipinski definition) is 0. The second-order valence-corrected chi connectivity index (χ2v) is 7.92. The lowest BCUT2D eigenvalue weighted by atomic mass is 10.2. The summed E-state index contributed by atoms with van der Waals surface area (Å²) < 4.78 is 65.5. The molecule has 1 saturated heterocycles. The van der Waals surface area contributed by atoms with Gasteiger partial charge in [-0.15, -0.1) is 0 Å². The van der Waals surface area contributed by atoms with Crippen molar-refractivity contribution in [3.05, 3.63) is 29.6 Å². The van der Waals surface area contributed by atoms with Crippen LogP contribution in [0, 0.1) is 5.82 Å². The number of sulfone groups is 1. The van der Waals surface area contributed by atoms with Crippen LogP contribution in [-0.2, 0) is 16.4 Å². The molecule has 1 fully saturated rings. The van der Waals surface area contributed by atoms with Crippen LogP contribution in [-0.4, -0.2) is 44.0 Å². The summed E-state index contributed by atoms with van der Waals surface area (Å²) in [6.45, 7) is -0.0399. The molecule has 1 aliphatic rings. The second-order valence-electron chi connectivity index (χ2n) is 5.39. The highest BCUT2D eigenvalue weighted by atomic mass is 32.2. The highest BCUT2D eigenvalue weighted by Crippen LogP contribution is 2.22. The summed E-state index contributed by atoms with van der Waals surface area (Å²) in [5, 5.41) is -0.379. The van der Waals surface area contributed by atoms with Gasteiger partial charge in [-0.2, -0.15) is 8.78 Å². The molecule has 22 heavy (non-hydrogen) atoms. The van der Waals surface area contributed by atoms with Crippen LogP contribution >= 0.6 is 0 Å². The molecule has 1 aromatic rings. The minimum absolute atomic E-state index is 0.0726. The molecule has 1 aromatic carbocycles. The lowest BCUT2D eigenvalue weighted by Crippen LogP contribution is -2.26. The molecule has 0 saturated carbocycles. The maximum Gasteiger partial charge on any atom is 0.387 e. The summed E-state index contributed by atoms with van der Waals surface area (Å²) in [6.07, 6.45) is 0.525. The Labute approximate surface area is 127 Å². The third-order valence-corrected chi connectivity index (χ3v) is 5.99. The van der Waals surface area contributed by atoms with Crippen LogP contribution in [0.5, 0.6) is 5.75 Å². The molecule has 0 aliphatic carbocycles. The van der Waals surface area contributed by atoms with Crippen molar-refractivity contribution in [1.29, 1.82) is 0 Å². The van der Waals surface area contributed by atoms with Crippen molar-refractivity contribution in [1.82, 2.24) is 4.90 Å². The van der Waals surface area contributed by atoms with Crippen molar-refractivity contribution in [3.63, 3.8) is 0 Å². The maximum atomic E-state index is 13.7. The highest BCUT2D eigenvalue weighted by Gasteiger charge is 2.26. The number of alkyl halides is 2. The van der Waals surface area contributed by atoms with Gasteiger partial charge in [0.15, 0.2) is 21.4 Å². The van der Waals surface area contributed by atoms with Crippen LogP contribution in [0.4, 0.5) is 13.2 Å². The van der Waals surface area contributed by atoms with Crippen molar-refractivity contribution in [3.8, 4) is 5.75 Å². The van der Waals surface area contributed by atoms with Gasteiger partial charge in [0, 0.05) is 13.1 Å². The van der Waals surface area contributed by atoms with Gasteiger partial charge in [-0.1, -0.05) is 6.07 Å². The quantitative estimate of drug-likeness (QED) is 0.847. The van der Waals surface area contributed by atoms with E-state index in [9.17, 15) is 21.6 Å². The van der Waals surface area contributed by atoms with Crippen LogP contribution in [0.3, 0.4) is 0 Å². The second kappa shape index (κ2) is 6.87. The molecule has 124 valence electrons. The third kappa shape index (κ3) is 4.36. The average molecular weight is 337 g/mol. The molecule has 2 rings (SSSR count). The third-order valence-electron chi connectivity index (χ3n) is 3.78. The van der Waals surface area contributed by atoms with Crippen molar-refractivity contribution in [2.45, 2.75) is 31.8 Å². The Morgan fingerprint density at radius 3 is 2.73 bits per heavy atom. The number of hydrogen-bond acceptors (Lipinski definition) is 4. The van der Waals surface area contributed by atoms with Gasteiger partial charge in [0.1, 0.15) is 0 Å². The van der Waals surface area contributed by atoms with Gasteiger partial charge < -0.3 is 4.74 Å². The molecule has 0 aromatic heterocycles. The largest absolute Gasteiger partial charge is 0.432 e. The van der Waals surface area contributed by atoms with E-state index in [-0.39, 0.29) is 11.0 Å². The average Bonchev–Trinajstić information content (AvgIpc) is 2.55. The summed E-state index contributed by atoms with van der Waals surface area (Å²) >= 11 is 0. The number of rotatable bonds is 4. The lowest BCUT2D eigenvalue weighted by Gasteiger charge is -2.19. The van der Waals surface area contributed by atoms with Crippen LogP contribution < -0.4 is 4.74 Å². The highest BCUT2D eigenvalue weighted by molar-refractivity contribution is 7.92. The van der Waals surface area contributed by atoms with Gasteiger partial charge in [-0.25, -0.2) is 12.8 Å². The molecule has 1 heterocycles. The molecule has 1 aliphatic heterocycles. The van der Waals surface area contributed by atoms with Crippen LogP contribution in [0.25, 0.3) is 0 Å². The summed E-state index contributed by atoms with van der Waals surface area (Å²) in [5.41, 5.74) is 0.589. The number of ether oxygens (including phenoxy) is 1. The Kier molecular flexibility index (Phi) is 5.33. The smallest absolute Gasteiger partial charge is 0.387 e. The van der Waals surface area contributed by atoms with Gasteiger partial charge in [-0.3, -0.25) is 4.90 Å². The van der Waals surface area contributed by atoms with Gasteiger partial charge >= 0.3 is 6.61 Å². The SMILES string of the molecule is C[C@@H]1CCN(Cc2ccc(OC(F)F)c(F)c2)CCS1(=O)=O. The fourth-order valence-corrected chi connectivity index (χ4v) is 3.74. The molecule has 1 atom stereocenters. The summed E-state index contributed by atoms with van der Waals surface area (Å²) in [7, 11) is -3.07. The van der Waals surface area contributed by atoms with E-state index in [1.54, 1.807) is 6.92 Å². The fourth-order valence-electron chi connectivity index (χ4n) is 2.36. The van der Waals surface area contributed by atoms with E-state index in [1.807, 2.05) is 4.90 Å². The fraction of sp³-hybridized carbons (Fsp3) is 0.571. The first-order valence-corrected chi connectivity index (χ1v) is 8.66. The number of nitrogens with zero attached hydrogens (tertiary/aromatic N) is 1. The standard InChI is InChI=1S/C14H18F3NO3S/c1-10-4-5-18(6-7-22(10,19)20)9-11-2-3-13(12(15)8-11)21-14(16)17/h2-3,8,10,14H,4-7,9H2,1H3/t10-/m1/s1. The van der Waals surface area contributed by atoms with Gasteiger partial charge in [0.05, 0.1) is 11.0 Å². The molecule has 0 spiro atoms. The van der Waals surface area contributed by atoms with Gasteiger partial charge in [-0.05, 0) is 37.6 Å². The molecule has 0 radical (unpaired) electrons. The van der Waals surface area contributed by atoms with Gasteiger partial charge in [0.2, 0.25) is 0 Å². The van der Waals surface area contributed by atoms with E-state index in [0.717, 1.165) is 12.1 Å². The Hall–Kier alpha value is -1.28. The summed E-state index contributed by atoms with van der Waals surface area (Å²) in [5.74, 6) is -1.28. The Morgan fingerprint density at radius 1 is 1.36 bits per heavy atom. The zero-order valence-corrected chi connectivity index (χ0v) is 13.0. The maximum absolute atomic E-state index is 13.7. The zero-order valence-electron chi connectivity index (χ0n) is 12.1. The Bertz CT molecular complexity index is 622. The number of halogens is 3. The molecular formula is C14H18F3NO3S. The van der Waals surface area contributed by atoms with Crippen molar-refractivity contribution in [2.75, 3.05) is 18.8 Å². The normalized spacial score (nSPS) is 22.5. The monoisotopic (exact) mass is 337 g/mol. The van der Waals surface area contributed by atoms with Crippen molar-refractivity contribution < 1.29 is 26.3 Å². The van der Waals surface area contributed by atoms with E-state index in [2.05, 4.69) is 4.74 Å². The molecule has 4 nitrogen and oxygen atoms in total. The van der Waals surface area contributed by atoms with Crippen molar-refractivity contribution >= 4 is 9.84 Å². The van der Waals surface area contributed by atoms with E-state index in [1.165, 1.54) is 6.07 Å². The Balaban J connectivity index is 2.03. The lowest BCUT2D eigenvalue weighted by molar-refractivity contribution is -0.0522. The van der Waals surface area contributed by atoms with E-state index in [4.69, 9.17) is 0 Å². The minimum atomic E-state index is -3.07. The molecular weight excluding hydrogens is 319 g/mol. The molecule has 0 N–H and O–H groups in total. The van der Waals surface area contributed by atoms with Crippen LogP contribution in [0.2, 0.25) is 0 Å². The summed E-state index contributed by atoms with van der Waals surface area (Å²) in [6, 6.07) is 3.80. The van der Waals surface area contributed by atoms with E-state index >= 15 is 0 Å². The zero-order chi connectivity index (χ0) is 16.3. The molecule has 0 bridgehead atoms. The molecule has 0 unspecified atom stereocenters. The molecule has 8 heteroatoms. The van der Waals surface area contributed by atoms with E-state index < -0.39 is 28.0 Å². The predicted molar refractivity (Wildman–Crippen MR) is 76.2 cm³/mol. The predicted octanol–water partition coefficient (Wildman–Crippen LogP) is 2.44. The van der Waals surface area contributed by atoms with Crippen LogP contribution in [0.1, 0.15) is 18.9 Å². The Morgan fingerprint density at radius 2 is 2.09 bits per heavy atom. The van der Waals surface area contributed by atoms with Gasteiger partial charge in [0.25, 0.3) is 0 Å². The topological polar surface area (TPSA) is 46.6 Å². The summed E-state index contributed by atoms with van der Waals surface area (Å²) in [4.78, 5) is 1.92. The first-order chi connectivity index (χ1) is 10.3. The minimum Gasteiger partial charge on any atom is -0.432 e. The van der Waals surface area contributed by atoms with Crippen molar-refractivity contribution in [2.24, 2.45) is 0 Å². The first kappa shape index (κ1) is 17.1. The molecule has 0 amide bonds. The number of benzene rings is 1. The first-order valence-electron chi connectivity index (χ1n) is 6.95. The van der Waals surface area contributed by atoms with E-state index in [0.29, 0.717) is 31.6 Å². The van der Waals surface area contributed by atoms with Crippen LogP contribution in [0.15, 0.2) is 18.2 Å².